The summed E-state index contributed by atoms with van der Waals surface area (Å²) < 4.78 is 0. The van der Waals surface area contributed by atoms with Crippen LogP contribution in [-0.2, 0) is 4.79 Å². The molecule has 0 radical (unpaired) electrons. The molecule has 0 fully saturated rings. The molecule has 0 bridgehead atoms. The van der Waals surface area contributed by atoms with Crippen LogP contribution in [0, 0.1) is 0 Å². The predicted octanol–water partition coefficient (Wildman–Crippen LogP) is 7.87. The molecule has 3 heteroatoms. The van der Waals surface area contributed by atoms with E-state index in [1.807, 2.05) is 0 Å². The van der Waals surface area contributed by atoms with E-state index in [0.29, 0.717) is 6.42 Å². The zero-order chi connectivity index (χ0) is 20.5. The SMILES string of the molecule is CCCCCCCCCCCCCCCCCCCCNCCCCC(=O)O. The maximum Gasteiger partial charge on any atom is 0.303 e. The molecule has 3 nitrogen and oxygen atoms in total. The van der Waals surface area contributed by atoms with Crippen molar-refractivity contribution in [3.05, 3.63) is 0 Å². The average molecular weight is 398 g/mol. The van der Waals surface area contributed by atoms with Gasteiger partial charge in [-0.15, -0.1) is 0 Å². The Balaban J connectivity index is 2.99. The second kappa shape index (κ2) is 24.5. The fraction of sp³-hybridized carbons (Fsp3) is 0.960. The number of aliphatic carboxylic acids is 1. The minimum atomic E-state index is -0.677. The number of hydrogen-bond acceptors (Lipinski definition) is 2. The first-order valence-corrected chi connectivity index (χ1v) is 12.7. The van der Waals surface area contributed by atoms with Gasteiger partial charge in [0.1, 0.15) is 0 Å². The molecule has 2 N–H and O–H groups in total. The molecule has 0 saturated heterocycles. The maximum atomic E-state index is 10.4. The monoisotopic (exact) mass is 397 g/mol. The van der Waals surface area contributed by atoms with Gasteiger partial charge in [-0.3, -0.25) is 4.79 Å². The van der Waals surface area contributed by atoms with Crippen molar-refractivity contribution in [2.75, 3.05) is 13.1 Å². The Hall–Kier alpha value is -0.570. The van der Waals surface area contributed by atoms with E-state index in [2.05, 4.69) is 12.2 Å². The van der Waals surface area contributed by atoms with Gasteiger partial charge in [-0.1, -0.05) is 116 Å². The topological polar surface area (TPSA) is 49.3 Å². The molecule has 0 rings (SSSR count). The van der Waals surface area contributed by atoms with Gasteiger partial charge in [0.2, 0.25) is 0 Å². The molecule has 0 aromatic carbocycles. The number of nitrogens with one attached hydrogen (secondary N) is 1. The van der Waals surface area contributed by atoms with Crippen LogP contribution < -0.4 is 5.32 Å². The normalized spacial score (nSPS) is 11.2. The van der Waals surface area contributed by atoms with Gasteiger partial charge < -0.3 is 10.4 Å². The summed E-state index contributed by atoms with van der Waals surface area (Å²) in [6.45, 7) is 4.34. The van der Waals surface area contributed by atoms with E-state index in [4.69, 9.17) is 5.11 Å². The van der Waals surface area contributed by atoms with Gasteiger partial charge in [-0.05, 0) is 32.4 Å². The van der Waals surface area contributed by atoms with Crippen LogP contribution in [0.3, 0.4) is 0 Å². The lowest BCUT2D eigenvalue weighted by atomic mass is 10.0. The molecule has 0 aliphatic carbocycles. The van der Waals surface area contributed by atoms with Crippen molar-refractivity contribution in [1.82, 2.24) is 5.32 Å². The predicted molar refractivity (Wildman–Crippen MR) is 123 cm³/mol. The minimum absolute atomic E-state index is 0.306. The quantitative estimate of drug-likeness (QED) is 0.163. The van der Waals surface area contributed by atoms with E-state index in [1.165, 1.54) is 116 Å². The Labute approximate surface area is 176 Å². The summed E-state index contributed by atoms with van der Waals surface area (Å²) in [6, 6.07) is 0. The number of carboxylic acids is 1. The lowest BCUT2D eigenvalue weighted by Crippen LogP contribution is -2.16. The molecule has 28 heavy (non-hydrogen) atoms. The van der Waals surface area contributed by atoms with Crippen molar-refractivity contribution in [2.24, 2.45) is 0 Å². The van der Waals surface area contributed by atoms with Crippen molar-refractivity contribution in [1.29, 1.82) is 0 Å². The maximum absolute atomic E-state index is 10.4. The summed E-state index contributed by atoms with van der Waals surface area (Å²) >= 11 is 0. The van der Waals surface area contributed by atoms with Crippen LogP contribution in [0.15, 0.2) is 0 Å². The molecule has 0 amide bonds. The standard InChI is InChI=1S/C25H51NO2/c1-2-3-4-5-6-7-8-9-10-11-12-13-14-15-16-17-18-20-23-26-24-21-19-22-25(27)28/h26H,2-24H2,1H3,(H,27,28). The van der Waals surface area contributed by atoms with Crippen LogP contribution in [0.4, 0.5) is 0 Å². The Kier molecular flexibility index (Phi) is 24.0. The highest BCUT2D eigenvalue weighted by Crippen LogP contribution is 2.14. The van der Waals surface area contributed by atoms with Gasteiger partial charge in [0.25, 0.3) is 0 Å². The van der Waals surface area contributed by atoms with Crippen LogP contribution in [0.1, 0.15) is 142 Å². The highest BCUT2D eigenvalue weighted by Gasteiger charge is 1.97. The summed E-state index contributed by atoms with van der Waals surface area (Å²) in [4.78, 5) is 10.4. The van der Waals surface area contributed by atoms with Crippen LogP contribution in [0.25, 0.3) is 0 Å². The number of rotatable bonds is 24. The summed E-state index contributed by atoms with van der Waals surface area (Å²) in [5.41, 5.74) is 0. The molecule has 0 unspecified atom stereocenters. The van der Waals surface area contributed by atoms with E-state index in [9.17, 15) is 4.79 Å². The largest absolute Gasteiger partial charge is 0.481 e. The Morgan fingerprint density at radius 2 is 0.857 bits per heavy atom. The van der Waals surface area contributed by atoms with Gasteiger partial charge in [-0.25, -0.2) is 0 Å². The van der Waals surface area contributed by atoms with E-state index in [-0.39, 0.29) is 0 Å². The van der Waals surface area contributed by atoms with Crippen LogP contribution in [0.5, 0.6) is 0 Å². The number of hydrogen-bond donors (Lipinski definition) is 2. The average Bonchev–Trinajstić information content (AvgIpc) is 2.68. The summed E-state index contributed by atoms with van der Waals surface area (Å²) in [7, 11) is 0. The molecule has 168 valence electrons. The third kappa shape index (κ3) is 25.4. The minimum Gasteiger partial charge on any atom is -0.481 e. The lowest BCUT2D eigenvalue weighted by Gasteiger charge is -2.05. The first-order valence-electron chi connectivity index (χ1n) is 12.7. The first-order chi connectivity index (χ1) is 13.8. The highest BCUT2D eigenvalue weighted by molar-refractivity contribution is 5.66. The Morgan fingerprint density at radius 3 is 1.21 bits per heavy atom. The first kappa shape index (κ1) is 27.4. The van der Waals surface area contributed by atoms with Crippen molar-refractivity contribution in [3.63, 3.8) is 0 Å². The lowest BCUT2D eigenvalue weighted by molar-refractivity contribution is -0.137. The van der Waals surface area contributed by atoms with Gasteiger partial charge in [0.15, 0.2) is 0 Å². The summed E-state index contributed by atoms with van der Waals surface area (Å²) in [6.07, 6.45) is 27.6. The van der Waals surface area contributed by atoms with E-state index in [0.717, 1.165) is 25.9 Å². The smallest absolute Gasteiger partial charge is 0.303 e. The summed E-state index contributed by atoms with van der Waals surface area (Å²) in [5, 5.41) is 12.0. The zero-order valence-corrected chi connectivity index (χ0v) is 19.1. The van der Waals surface area contributed by atoms with Crippen LogP contribution in [0.2, 0.25) is 0 Å². The number of unbranched alkanes of at least 4 members (excludes halogenated alkanes) is 18. The molecule has 0 aliphatic rings. The van der Waals surface area contributed by atoms with Gasteiger partial charge in [0.05, 0.1) is 0 Å². The molecule has 0 atom stereocenters. The molecule has 0 aromatic heterocycles. The highest BCUT2D eigenvalue weighted by atomic mass is 16.4. The van der Waals surface area contributed by atoms with Gasteiger partial charge in [0, 0.05) is 6.42 Å². The van der Waals surface area contributed by atoms with E-state index >= 15 is 0 Å². The molecule has 0 spiro atoms. The van der Waals surface area contributed by atoms with Crippen LogP contribution >= 0.6 is 0 Å². The fourth-order valence-corrected chi connectivity index (χ4v) is 3.80. The van der Waals surface area contributed by atoms with Gasteiger partial charge >= 0.3 is 5.97 Å². The molecule has 0 aromatic rings. The van der Waals surface area contributed by atoms with E-state index < -0.39 is 5.97 Å². The molecule has 0 saturated carbocycles. The van der Waals surface area contributed by atoms with Crippen LogP contribution in [-0.4, -0.2) is 24.2 Å². The summed E-state index contributed by atoms with van der Waals surface area (Å²) in [5.74, 6) is -0.677. The Bertz CT molecular complexity index is 307. The van der Waals surface area contributed by atoms with Crippen molar-refractivity contribution in [2.45, 2.75) is 142 Å². The van der Waals surface area contributed by atoms with Crippen molar-refractivity contribution < 1.29 is 9.90 Å². The second-order valence-electron chi connectivity index (χ2n) is 8.61. The number of carboxylic acid groups (broad SMARTS) is 1. The molecule has 0 aliphatic heterocycles. The molecular weight excluding hydrogens is 346 g/mol. The third-order valence-corrected chi connectivity index (χ3v) is 5.70. The fourth-order valence-electron chi connectivity index (χ4n) is 3.80. The zero-order valence-electron chi connectivity index (χ0n) is 19.1. The Morgan fingerprint density at radius 1 is 0.536 bits per heavy atom. The van der Waals surface area contributed by atoms with Crippen molar-refractivity contribution in [3.8, 4) is 0 Å². The number of carbonyl (C=O) groups is 1. The molecule has 0 heterocycles. The third-order valence-electron chi connectivity index (χ3n) is 5.70. The van der Waals surface area contributed by atoms with Gasteiger partial charge in [-0.2, -0.15) is 0 Å². The second-order valence-corrected chi connectivity index (χ2v) is 8.61. The molecular formula is C25H51NO2. The van der Waals surface area contributed by atoms with E-state index in [1.54, 1.807) is 0 Å². The van der Waals surface area contributed by atoms with Crippen molar-refractivity contribution >= 4 is 5.97 Å².